The molecule has 10 heteroatoms. The van der Waals surface area contributed by atoms with Gasteiger partial charge in [0.1, 0.15) is 29.7 Å². The van der Waals surface area contributed by atoms with Crippen molar-refractivity contribution in [1.82, 2.24) is 19.7 Å². The smallest absolute Gasteiger partial charge is 0.338 e. The van der Waals surface area contributed by atoms with E-state index in [-0.39, 0.29) is 17.3 Å². The number of benzene rings is 2. The molecule has 1 fully saturated rings. The summed E-state index contributed by atoms with van der Waals surface area (Å²) in [6, 6.07) is 16.7. The Balaban J connectivity index is 1.43. The minimum Gasteiger partial charge on any atom is -0.497 e. The van der Waals surface area contributed by atoms with Crippen LogP contribution in [0.2, 0.25) is 0 Å². The highest BCUT2D eigenvalue weighted by Crippen LogP contribution is 2.41. The molecule has 0 bridgehead atoms. The lowest BCUT2D eigenvalue weighted by atomic mass is 10.1. The third kappa shape index (κ3) is 4.36. The minimum absolute atomic E-state index is 0.0191. The number of carbonyl (C=O) groups is 1. The number of nitrogens with two attached hydrogens (primary N) is 1. The second kappa shape index (κ2) is 9.32. The third-order valence-electron chi connectivity index (χ3n) is 5.38. The van der Waals surface area contributed by atoms with E-state index in [4.69, 9.17) is 20.3 Å². The van der Waals surface area contributed by atoms with Gasteiger partial charge in [0.15, 0.2) is 5.65 Å². The summed E-state index contributed by atoms with van der Waals surface area (Å²) in [5.41, 5.74) is 9.02. The number of hydrogen-bond donors (Lipinski definition) is 1. The van der Waals surface area contributed by atoms with Crippen LogP contribution in [0.3, 0.4) is 0 Å². The fraction of sp³-hybridized carbons (Fsp3) is 0.217. The Kier molecular flexibility index (Phi) is 6.10. The molecule has 1 aliphatic heterocycles. The molecule has 0 amide bonds. The first-order chi connectivity index (χ1) is 16.1. The van der Waals surface area contributed by atoms with Crippen molar-refractivity contribution in [3.8, 4) is 17.0 Å². The van der Waals surface area contributed by atoms with Crippen molar-refractivity contribution in [3.63, 3.8) is 0 Å². The van der Waals surface area contributed by atoms with Gasteiger partial charge in [-0.05, 0) is 36.4 Å². The Bertz CT molecular complexity index is 1280. The number of nitrogens with zero attached hydrogens (tertiary/aromatic N) is 4. The van der Waals surface area contributed by atoms with Crippen molar-refractivity contribution in [1.29, 1.82) is 0 Å². The van der Waals surface area contributed by atoms with Gasteiger partial charge in [-0.25, -0.2) is 19.4 Å². The third-order valence-corrected chi connectivity index (χ3v) is 8.24. The maximum Gasteiger partial charge on any atom is 0.338 e. The summed E-state index contributed by atoms with van der Waals surface area (Å²) in [5, 5.41) is 5.57. The van der Waals surface area contributed by atoms with E-state index in [1.165, 1.54) is 6.33 Å². The van der Waals surface area contributed by atoms with Crippen molar-refractivity contribution in [2.24, 2.45) is 0 Å². The van der Waals surface area contributed by atoms with Crippen molar-refractivity contribution in [2.75, 3.05) is 18.6 Å². The lowest BCUT2D eigenvalue weighted by Gasteiger charge is -2.18. The summed E-state index contributed by atoms with van der Waals surface area (Å²) in [6.07, 6.45) is 1.20. The van der Waals surface area contributed by atoms with Crippen LogP contribution in [-0.4, -0.2) is 49.9 Å². The zero-order valence-electron chi connectivity index (χ0n) is 17.7. The highest BCUT2D eigenvalue weighted by Gasteiger charge is 2.34. The molecule has 2 N–H and O–H groups in total. The van der Waals surface area contributed by atoms with Crippen LogP contribution in [0.4, 0.5) is 5.82 Å². The van der Waals surface area contributed by atoms with E-state index in [1.807, 2.05) is 47.1 Å². The number of methoxy groups -OCH3 is 1. The molecule has 2 atom stereocenters. The molecule has 1 aliphatic rings. The minimum atomic E-state index is -0.315. The van der Waals surface area contributed by atoms with E-state index < -0.39 is 0 Å². The van der Waals surface area contributed by atoms with Crippen LogP contribution in [-0.2, 0) is 11.3 Å². The molecule has 0 spiro atoms. The fourth-order valence-corrected chi connectivity index (χ4v) is 6.68. The molecule has 2 aromatic carbocycles. The second-order valence-electron chi connectivity index (χ2n) is 7.45. The molecule has 168 valence electrons. The summed E-state index contributed by atoms with van der Waals surface area (Å²) in [7, 11) is 5.01. The number of hydrogen-bond acceptors (Lipinski definition) is 9. The van der Waals surface area contributed by atoms with Crippen LogP contribution in [0.15, 0.2) is 60.9 Å². The standard InChI is InChI=1S/C23H21N5O3S2/c1-30-16-9-7-14(8-10-16)20-19-21(24)25-13-26-22(19)28(27-20)11-18-17(12-32-33-18)31-23(29)15-5-3-2-4-6-15/h2-10,13,17-18H,11-12H2,1H3,(H2,24,25,26)/t17-,18+/m1/s1. The molecule has 5 rings (SSSR count). The quantitative estimate of drug-likeness (QED) is 0.323. The summed E-state index contributed by atoms with van der Waals surface area (Å²) < 4.78 is 12.9. The normalized spacial score (nSPS) is 17.8. The van der Waals surface area contributed by atoms with Crippen LogP contribution in [0.5, 0.6) is 5.75 Å². The van der Waals surface area contributed by atoms with Crippen molar-refractivity contribution >= 4 is 44.4 Å². The highest BCUT2D eigenvalue weighted by molar-refractivity contribution is 8.77. The summed E-state index contributed by atoms with van der Waals surface area (Å²) >= 11 is 0. The number of aromatic nitrogens is 4. The van der Waals surface area contributed by atoms with Crippen LogP contribution in [0.1, 0.15) is 10.4 Å². The van der Waals surface area contributed by atoms with E-state index in [0.29, 0.717) is 34.7 Å². The molecule has 8 nitrogen and oxygen atoms in total. The van der Waals surface area contributed by atoms with Crippen molar-refractivity contribution in [2.45, 2.75) is 17.9 Å². The molecule has 0 aliphatic carbocycles. The maximum absolute atomic E-state index is 12.6. The molecule has 0 saturated carbocycles. The summed E-state index contributed by atoms with van der Waals surface area (Å²) in [4.78, 5) is 21.2. The Hall–Kier alpha value is -3.24. The summed E-state index contributed by atoms with van der Waals surface area (Å²) in [5.74, 6) is 1.53. The Morgan fingerprint density at radius 3 is 2.70 bits per heavy atom. The number of carbonyl (C=O) groups excluding carboxylic acids is 1. The van der Waals surface area contributed by atoms with Crippen molar-refractivity contribution in [3.05, 3.63) is 66.5 Å². The van der Waals surface area contributed by atoms with E-state index in [2.05, 4.69) is 9.97 Å². The van der Waals surface area contributed by atoms with Crippen LogP contribution in [0, 0.1) is 0 Å². The van der Waals surface area contributed by atoms with Gasteiger partial charge in [-0.3, -0.25) is 0 Å². The van der Waals surface area contributed by atoms with Gasteiger partial charge in [-0.1, -0.05) is 39.8 Å². The predicted molar refractivity (Wildman–Crippen MR) is 131 cm³/mol. The predicted octanol–water partition coefficient (Wildman–Crippen LogP) is 4.07. The topological polar surface area (TPSA) is 105 Å². The first-order valence-corrected chi connectivity index (χ1v) is 12.7. The lowest BCUT2D eigenvalue weighted by Crippen LogP contribution is -2.31. The van der Waals surface area contributed by atoms with E-state index >= 15 is 0 Å². The lowest BCUT2D eigenvalue weighted by molar-refractivity contribution is 0.0342. The molecule has 33 heavy (non-hydrogen) atoms. The van der Waals surface area contributed by atoms with E-state index in [9.17, 15) is 4.79 Å². The van der Waals surface area contributed by atoms with Gasteiger partial charge in [0, 0.05) is 11.3 Å². The Morgan fingerprint density at radius 2 is 1.94 bits per heavy atom. The van der Waals surface area contributed by atoms with Crippen LogP contribution in [0.25, 0.3) is 22.3 Å². The molecular formula is C23H21N5O3S2. The molecule has 3 heterocycles. The monoisotopic (exact) mass is 479 g/mol. The largest absolute Gasteiger partial charge is 0.497 e. The van der Waals surface area contributed by atoms with Gasteiger partial charge < -0.3 is 15.2 Å². The van der Waals surface area contributed by atoms with Crippen molar-refractivity contribution < 1.29 is 14.3 Å². The molecule has 4 aromatic rings. The first kappa shape index (κ1) is 21.6. The number of esters is 1. The number of anilines is 1. The molecule has 2 aromatic heterocycles. The maximum atomic E-state index is 12.6. The van der Waals surface area contributed by atoms with Crippen LogP contribution >= 0.6 is 21.6 Å². The van der Waals surface area contributed by atoms with Gasteiger partial charge in [-0.2, -0.15) is 5.10 Å². The van der Waals surface area contributed by atoms with Gasteiger partial charge in [0.25, 0.3) is 0 Å². The summed E-state index contributed by atoms with van der Waals surface area (Å²) in [6.45, 7) is 0.521. The Morgan fingerprint density at radius 1 is 1.15 bits per heavy atom. The SMILES string of the molecule is COc1ccc(-c2nn(C[C@@H]3SSC[C@H]3OC(=O)c3ccccc3)c3ncnc(N)c23)cc1. The first-order valence-electron chi connectivity index (χ1n) is 10.3. The zero-order chi connectivity index (χ0) is 22.8. The highest BCUT2D eigenvalue weighted by atomic mass is 33.1. The van der Waals surface area contributed by atoms with E-state index in [0.717, 1.165) is 17.1 Å². The zero-order valence-corrected chi connectivity index (χ0v) is 19.4. The molecule has 1 saturated heterocycles. The average molecular weight is 480 g/mol. The second-order valence-corrected chi connectivity index (χ2v) is 10.1. The number of rotatable bonds is 6. The average Bonchev–Trinajstić information content (AvgIpc) is 3.45. The van der Waals surface area contributed by atoms with Crippen LogP contribution < -0.4 is 10.5 Å². The number of nitrogen functional groups attached to an aromatic ring is 1. The Labute approximate surface area is 198 Å². The molecule has 0 unspecified atom stereocenters. The fourth-order valence-electron chi connectivity index (χ4n) is 3.68. The van der Waals surface area contributed by atoms with E-state index in [1.54, 1.807) is 40.8 Å². The van der Waals surface area contributed by atoms with Gasteiger partial charge in [0.2, 0.25) is 0 Å². The van der Waals surface area contributed by atoms with Gasteiger partial charge >= 0.3 is 5.97 Å². The number of ether oxygens (including phenoxy) is 2. The molecular weight excluding hydrogens is 458 g/mol. The molecule has 0 radical (unpaired) electrons. The number of fused-ring (bicyclic) bond motifs is 1. The van der Waals surface area contributed by atoms with Gasteiger partial charge in [-0.15, -0.1) is 0 Å². The van der Waals surface area contributed by atoms with Gasteiger partial charge in [0.05, 0.1) is 29.9 Å².